The number of hydrogen-bond acceptors (Lipinski definition) is 2. The van der Waals surface area contributed by atoms with Crippen molar-refractivity contribution >= 4 is 12.2 Å². The highest BCUT2D eigenvalue weighted by molar-refractivity contribution is 5.95. The molecule has 0 aliphatic heterocycles. The molecule has 2 aromatic rings. The molecule has 1 aliphatic rings. The normalized spacial score (nSPS) is 15.2. The molecule has 1 aliphatic carbocycles. The zero-order chi connectivity index (χ0) is 14.7. The van der Waals surface area contributed by atoms with Crippen LogP contribution in [0, 0.1) is 0 Å². The monoisotopic (exact) mass is 279 g/mol. The fourth-order valence-corrected chi connectivity index (χ4v) is 2.55. The second-order valence-electron chi connectivity index (χ2n) is 5.47. The molecule has 1 fully saturated rings. The Labute approximate surface area is 124 Å². The van der Waals surface area contributed by atoms with E-state index in [4.69, 9.17) is 0 Å². The summed E-state index contributed by atoms with van der Waals surface area (Å²) < 4.78 is 0. The lowest BCUT2D eigenvalue weighted by Crippen LogP contribution is -2.34. The minimum Gasteiger partial charge on any atom is -0.343 e. The summed E-state index contributed by atoms with van der Waals surface area (Å²) >= 11 is 0. The number of benzene rings is 2. The standard InChI is InChI=1S/C18H17NO2/c20-13-10-14-6-8-15(9-7-14)17(21)19-18(11-12-18)16-4-2-1-3-5-16/h1-9,13H,10-12H2,(H,19,21). The van der Waals surface area contributed by atoms with Gasteiger partial charge in [-0.3, -0.25) is 4.79 Å². The zero-order valence-electron chi connectivity index (χ0n) is 11.7. The molecule has 0 heterocycles. The molecule has 0 atom stereocenters. The molecule has 0 radical (unpaired) electrons. The average Bonchev–Trinajstić information content (AvgIpc) is 3.30. The number of nitrogens with one attached hydrogen (secondary N) is 1. The zero-order valence-corrected chi connectivity index (χ0v) is 11.7. The smallest absolute Gasteiger partial charge is 0.251 e. The van der Waals surface area contributed by atoms with Gasteiger partial charge in [-0.15, -0.1) is 0 Å². The molecule has 1 saturated carbocycles. The van der Waals surface area contributed by atoms with Crippen LogP contribution in [0.5, 0.6) is 0 Å². The van der Waals surface area contributed by atoms with Crippen LogP contribution in [-0.2, 0) is 16.8 Å². The van der Waals surface area contributed by atoms with E-state index in [2.05, 4.69) is 17.4 Å². The Morgan fingerprint density at radius 1 is 1.05 bits per heavy atom. The first-order valence-electron chi connectivity index (χ1n) is 7.14. The average molecular weight is 279 g/mol. The summed E-state index contributed by atoms with van der Waals surface area (Å²) in [5.74, 6) is -0.0611. The van der Waals surface area contributed by atoms with Crippen LogP contribution in [0.25, 0.3) is 0 Å². The summed E-state index contributed by atoms with van der Waals surface area (Å²) in [7, 11) is 0. The van der Waals surface area contributed by atoms with Gasteiger partial charge in [0.2, 0.25) is 0 Å². The van der Waals surface area contributed by atoms with Gasteiger partial charge in [-0.1, -0.05) is 42.5 Å². The second kappa shape index (κ2) is 5.52. The summed E-state index contributed by atoms with van der Waals surface area (Å²) in [5, 5.41) is 3.14. The molecule has 106 valence electrons. The molecule has 1 N–H and O–H groups in total. The third-order valence-electron chi connectivity index (χ3n) is 3.96. The highest BCUT2D eigenvalue weighted by Gasteiger charge is 2.45. The van der Waals surface area contributed by atoms with Gasteiger partial charge in [0.1, 0.15) is 6.29 Å². The quantitative estimate of drug-likeness (QED) is 0.855. The van der Waals surface area contributed by atoms with Gasteiger partial charge >= 0.3 is 0 Å². The minimum absolute atomic E-state index is 0.0611. The summed E-state index contributed by atoms with van der Waals surface area (Å²) in [6, 6.07) is 17.3. The summed E-state index contributed by atoms with van der Waals surface area (Å²) in [4.78, 5) is 22.8. The highest BCUT2D eigenvalue weighted by atomic mass is 16.1. The van der Waals surface area contributed by atoms with E-state index in [-0.39, 0.29) is 11.4 Å². The van der Waals surface area contributed by atoms with Crippen molar-refractivity contribution in [2.45, 2.75) is 24.8 Å². The van der Waals surface area contributed by atoms with E-state index in [1.54, 1.807) is 12.1 Å². The number of aldehydes is 1. The van der Waals surface area contributed by atoms with E-state index < -0.39 is 0 Å². The van der Waals surface area contributed by atoms with Crippen LogP contribution in [0.3, 0.4) is 0 Å². The van der Waals surface area contributed by atoms with Crippen molar-refractivity contribution in [3.8, 4) is 0 Å². The van der Waals surface area contributed by atoms with Gasteiger partial charge in [-0.25, -0.2) is 0 Å². The van der Waals surface area contributed by atoms with Gasteiger partial charge in [0, 0.05) is 12.0 Å². The maximum atomic E-state index is 12.4. The lowest BCUT2D eigenvalue weighted by Gasteiger charge is -2.18. The number of hydrogen-bond donors (Lipinski definition) is 1. The molecule has 3 heteroatoms. The van der Waals surface area contributed by atoms with Crippen LogP contribution in [0.1, 0.15) is 34.3 Å². The van der Waals surface area contributed by atoms with Gasteiger partial charge in [-0.05, 0) is 36.1 Å². The molecule has 0 saturated heterocycles. The molecule has 0 aromatic heterocycles. The van der Waals surface area contributed by atoms with Crippen LogP contribution in [0.4, 0.5) is 0 Å². The van der Waals surface area contributed by atoms with E-state index in [1.165, 1.54) is 0 Å². The lowest BCUT2D eigenvalue weighted by molar-refractivity contribution is -0.107. The molecular weight excluding hydrogens is 262 g/mol. The van der Waals surface area contributed by atoms with Crippen LogP contribution in [0.15, 0.2) is 54.6 Å². The molecule has 0 bridgehead atoms. The summed E-state index contributed by atoms with van der Waals surface area (Å²) in [6.45, 7) is 0. The fourth-order valence-electron chi connectivity index (χ4n) is 2.55. The third kappa shape index (κ3) is 2.87. The Morgan fingerprint density at radius 3 is 2.29 bits per heavy atom. The van der Waals surface area contributed by atoms with Crippen LogP contribution in [-0.4, -0.2) is 12.2 Å². The van der Waals surface area contributed by atoms with Gasteiger partial charge in [0.25, 0.3) is 5.91 Å². The maximum Gasteiger partial charge on any atom is 0.251 e. The first-order chi connectivity index (χ1) is 10.2. The molecule has 0 unspecified atom stereocenters. The van der Waals surface area contributed by atoms with Crippen LogP contribution < -0.4 is 5.32 Å². The van der Waals surface area contributed by atoms with Gasteiger partial charge in [0.05, 0.1) is 5.54 Å². The lowest BCUT2D eigenvalue weighted by atomic mass is 10.0. The topological polar surface area (TPSA) is 46.2 Å². The van der Waals surface area contributed by atoms with E-state index >= 15 is 0 Å². The Kier molecular flexibility index (Phi) is 3.57. The van der Waals surface area contributed by atoms with E-state index in [0.717, 1.165) is 30.3 Å². The van der Waals surface area contributed by atoms with E-state index in [0.29, 0.717) is 12.0 Å². The number of carbonyl (C=O) groups is 2. The number of rotatable bonds is 5. The van der Waals surface area contributed by atoms with E-state index in [1.807, 2.05) is 30.3 Å². The summed E-state index contributed by atoms with van der Waals surface area (Å²) in [6.07, 6.45) is 3.21. The Morgan fingerprint density at radius 2 is 1.71 bits per heavy atom. The Bertz CT molecular complexity index is 643. The first-order valence-corrected chi connectivity index (χ1v) is 7.14. The largest absolute Gasteiger partial charge is 0.343 e. The predicted octanol–water partition coefficient (Wildman–Crippen LogP) is 2.85. The van der Waals surface area contributed by atoms with Crippen molar-refractivity contribution in [2.75, 3.05) is 0 Å². The van der Waals surface area contributed by atoms with Crippen LogP contribution >= 0.6 is 0 Å². The van der Waals surface area contributed by atoms with Crippen molar-refractivity contribution in [3.63, 3.8) is 0 Å². The minimum atomic E-state index is -0.195. The van der Waals surface area contributed by atoms with Crippen LogP contribution in [0.2, 0.25) is 0 Å². The van der Waals surface area contributed by atoms with E-state index in [9.17, 15) is 9.59 Å². The maximum absolute atomic E-state index is 12.4. The van der Waals surface area contributed by atoms with Gasteiger partial charge in [0.15, 0.2) is 0 Å². The Balaban J connectivity index is 1.73. The predicted molar refractivity (Wildman–Crippen MR) is 81.0 cm³/mol. The highest BCUT2D eigenvalue weighted by Crippen LogP contribution is 2.45. The molecular formula is C18H17NO2. The van der Waals surface area contributed by atoms with Crippen molar-refractivity contribution in [3.05, 3.63) is 71.3 Å². The Hall–Kier alpha value is -2.42. The van der Waals surface area contributed by atoms with Crippen molar-refractivity contribution < 1.29 is 9.59 Å². The van der Waals surface area contributed by atoms with Gasteiger partial charge in [-0.2, -0.15) is 0 Å². The van der Waals surface area contributed by atoms with Crippen molar-refractivity contribution in [1.82, 2.24) is 5.32 Å². The second-order valence-corrected chi connectivity index (χ2v) is 5.47. The summed E-state index contributed by atoms with van der Waals surface area (Å²) in [5.41, 5.74) is 2.52. The molecule has 1 amide bonds. The molecule has 3 rings (SSSR count). The van der Waals surface area contributed by atoms with Gasteiger partial charge < -0.3 is 10.1 Å². The van der Waals surface area contributed by atoms with Crippen molar-refractivity contribution in [2.24, 2.45) is 0 Å². The number of carbonyl (C=O) groups excluding carboxylic acids is 2. The molecule has 0 spiro atoms. The first kappa shape index (κ1) is 13.6. The fraction of sp³-hybridized carbons (Fsp3) is 0.222. The number of amides is 1. The molecule has 2 aromatic carbocycles. The SMILES string of the molecule is O=CCc1ccc(C(=O)NC2(c3ccccc3)CC2)cc1. The third-order valence-corrected chi connectivity index (χ3v) is 3.96. The van der Waals surface area contributed by atoms with Crippen molar-refractivity contribution in [1.29, 1.82) is 0 Å². The molecule has 3 nitrogen and oxygen atoms in total. The molecule has 21 heavy (non-hydrogen) atoms.